The van der Waals surface area contributed by atoms with Crippen molar-refractivity contribution in [1.29, 1.82) is 0 Å². The number of hydrogen-bond acceptors (Lipinski definition) is 5. The summed E-state index contributed by atoms with van der Waals surface area (Å²) in [6.07, 6.45) is 0. The van der Waals surface area contributed by atoms with E-state index in [0.29, 0.717) is 4.47 Å². The van der Waals surface area contributed by atoms with Crippen LogP contribution < -0.4 is 0 Å². The first-order valence-electron chi connectivity index (χ1n) is 4.50. The van der Waals surface area contributed by atoms with Gasteiger partial charge in [-0.1, -0.05) is 0 Å². The lowest BCUT2D eigenvalue weighted by molar-refractivity contribution is -0.140. The zero-order valence-corrected chi connectivity index (χ0v) is 12.4. The molecule has 1 fully saturated rings. The molecule has 0 aliphatic carbocycles. The van der Waals surface area contributed by atoms with Crippen LogP contribution >= 0.6 is 39.0 Å². The highest BCUT2D eigenvalue weighted by molar-refractivity contribution is 9.10. The molecule has 5 nitrogen and oxygen atoms in total. The van der Waals surface area contributed by atoms with Crippen molar-refractivity contribution in [3.05, 3.63) is 15.9 Å². The van der Waals surface area contributed by atoms with Gasteiger partial charge in [0.15, 0.2) is 0 Å². The van der Waals surface area contributed by atoms with Crippen LogP contribution in [0.1, 0.15) is 0 Å². The van der Waals surface area contributed by atoms with Crippen molar-refractivity contribution >= 4 is 55.0 Å². The maximum atomic E-state index is 12.3. The standard InChI is InChI=1S/C8H8BrNO4S3/c9-5-1-2-16-8(5)17(13,14)10-4-15-3-6(10)7(11)12/h1-2,6H,3-4H2,(H,11,12). The SMILES string of the molecule is O=C(O)C1CSCN1S(=O)(=O)c1sccc1Br. The molecule has 1 atom stereocenters. The van der Waals surface area contributed by atoms with E-state index in [1.165, 1.54) is 11.8 Å². The number of nitrogens with zero attached hydrogens (tertiary/aromatic N) is 1. The molecule has 0 aromatic carbocycles. The van der Waals surface area contributed by atoms with E-state index in [1.807, 2.05) is 0 Å². The fraction of sp³-hybridized carbons (Fsp3) is 0.375. The maximum absolute atomic E-state index is 12.3. The van der Waals surface area contributed by atoms with Gasteiger partial charge in [-0.25, -0.2) is 8.42 Å². The van der Waals surface area contributed by atoms with Crippen LogP contribution in [-0.2, 0) is 14.8 Å². The molecule has 94 valence electrons. The number of hydrogen-bond donors (Lipinski definition) is 1. The molecular weight excluding hydrogens is 350 g/mol. The Balaban J connectivity index is 2.40. The minimum Gasteiger partial charge on any atom is -0.480 e. The highest BCUT2D eigenvalue weighted by Crippen LogP contribution is 2.34. The lowest BCUT2D eigenvalue weighted by Crippen LogP contribution is -2.41. The Hall–Kier alpha value is -0.0900. The highest BCUT2D eigenvalue weighted by Gasteiger charge is 2.41. The average molecular weight is 358 g/mol. The molecule has 0 amide bonds. The lowest BCUT2D eigenvalue weighted by atomic mass is 10.4. The topological polar surface area (TPSA) is 74.7 Å². The first-order chi connectivity index (χ1) is 7.94. The molecule has 2 heterocycles. The van der Waals surface area contributed by atoms with Crippen LogP contribution in [0.5, 0.6) is 0 Å². The van der Waals surface area contributed by atoms with Gasteiger partial charge < -0.3 is 5.11 Å². The van der Waals surface area contributed by atoms with E-state index >= 15 is 0 Å². The van der Waals surface area contributed by atoms with Crippen LogP contribution in [0.4, 0.5) is 0 Å². The Morgan fingerprint density at radius 3 is 2.82 bits per heavy atom. The first-order valence-corrected chi connectivity index (χ1v) is 8.76. The van der Waals surface area contributed by atoms with E-state index in [0.717, 1.165) is 15.6 Å². The summed E-state index contributed by atoms with van der Waals surface area (Å²) < 4.78 is 26.2. The number of rotatable bonds is 3. The van der Waals surface area contributed by atoms with Gasteiger partial charge in [-0.3, -0.25) is 4.79 Å². The molecule has 1 N–H and O–H groups in total. The number of thioether (sulfide) groups is 1. The number of halogens is 1. The van der Waals surface area contributed by atoms with Crippen LogP contribution in [0, 0.1) is 0 Å². The molecule has 1 unspecified atom stereocenters. The summed E-state index contributed by atoms with van der Waals surface area (Å²) in [5, 5.41) is 10.6. The van der Waals surface area contributed by atoms with Gasteiger partial charge in [0, 0.05) is 10.2 Å². The second-order valence-electron chi connectivity index (χ2n) is 3.30. The van der Waals surface area contributed by atoms with E-state index < -0.39 is 22.0 Å². The van der Waals surface area contributed by atoms with Crippen molar-refractivity contribution in [2.75, 3.05) is 11.6 Å². The van der Waals surface area contributed by atoms with Crippen molar-refractivity contribution in [2.24, 2.45) is 0 Å². The minimum absolute atomic E-state index is 0.159. The maximum Gasteiger partial charge on any atom is 0.322 e. The predicted molar refractivity (Wildman–Crippen MR) is 69.8 cm³/mol. The molecule has 1 saturated heterocycles. The Bertz CT molecular complexity index is 541. The van der Waals surface area contributed by atoms with Crippen molar-refractivity contribution in [1.82, 2.24) is 4.31 Å². The van der Waals surface area contributed by atoms with Gasteiger partial charge in [-0.05, 0) is 27.4 Å². The normalized spacial score (nSPS) is 21.8. The Morgan fingerprint density at radius 2 is 2.29 bits per heavy atom. The fourth-order valence-electron chi connectivity index (χ4n) is 1.43. The van der Waals surface area contributed by atoms with Gasteiger partial charge >= 0.3 is 5.97 Å². The summed E-state index contributed by atoms with van der Waals surface area (Å²) in [5.41, 5.74) is 0. The van der Waals surface area contributed by atoms with Gasteiger partial charge in [0.2, 0.25) is 0 Å². The van der Waals surface area contributed by atoms with E-state index in [1.54, 1.807) is 11.4 Å². The van der Waals surface area contributed by atoms with Gasteiger partial charge in [-0.15, -0.1) is 23.1 Å². The Kier molecular flexibility index (Phi) is 3.83. The molecule has 9 heteroatoms. The second-order valence-corrected chi connectivity index (χ2v) is 8.16. The van der Waals surface area contributed by atoms with Crippen LogP contribution in [0.2, 0.25) is 0 Å². The first kappa shape index (κ1) is 13.3. The quantitative estimate of drug-likeness (QED) is 0.890. The molecule has 0 radical (unpaired) electrons. The third kappa shape index (κ3) is 2.39. The molecule has 0 saturated carbocycles. The summed E-state index contributed by atoms with van der Waals surface area (Å²) in [6.45, 7) is 0. The average Bonchev–Trinajstić information content (AvgIpc) is 2.84. The highest BCUT2D eigenvalue weighted by atomic mass is 79.9. The number of carboxylic acids is 1. The summed E-state index contributed by atoms with van der Waals surface area (Å²) in [7, 11) is -3.72. The molecule has 1 aliphatic heterocycles. The molecule has 1 aromatic heterocycles. The number of sulfonamides is 1. The van der Waals surface area contributed by atoms with Gasteiger partial charge in [0.25, 0.3) is 10.0 Å². The number of thiophene rings is 1. The molecule has 0 bridgehead atoms. The zero-order valence-electron chi connectivity index (χ0n) is 8.37. The molecule has 17 heavy (non-hydrogen) atoms. The van der Waals surface area contributed by atoms with Crippen molar-refractivity contribution in [3.8, 4) is 0 Å². The third-order valence-corrected chi connectivity index (χ3v) is 7.93. The Morgan fingerprint density at radius 1 is 1.59 bits per heavy atom. The van der Waals surface area contributed by atoms with Crippen LogP contribution in [0.25, 0.3) is 0 Å². The van der Waals surface area contributed by atoms with Crippen LogP contribution in [-0.4, -0.2) is 41.5 Å². The largest absolute Gasteiger partial charge is 0.480 e. The lowest BCUT2D eigenvalue weighted by Gasteiger charge is -2.19. The van der Waals surface area contributed by atoms with Gasteiger partial charge in [-0.2, -0.15) is 4.31 Å². The van der Waals surface area contributed by atoms with E-state index in [9.17, 15) is 13.2 Å². The molecule has 1 aromatic rings. The third-order valence-electron chi connectivity index (χ3n) is 2.25. The van der Waals surface area contributed by atoms with Crippen LogP contribution in [0.15, 0.2) is 20.1 Å². The summed E-state index contributed by atoms with van der Waals surface area (Å²) in [5.74, 6) is -0.632. The van der Waals surface area contributed by atoms with E-state index in [4.69, 9.17) is 5.11 Å². The number of carboxylic acid groups (broad SMARTS) is 1. The van der Waals surface area contributed by atoms with Crippen molar-refractivity contribution in [2.45, 2.75) is 10.3 Å². The van der Waals surface area contributed by atoms with Crippen LogP contribution in [0.3, 0.4) is 0 Å². The fourth-order valence-corrected chi connectivity index (χ4v) is 6.99. The van der Waals surface area contributed by atoms with Crippen molar-refractivity contribution in [3.63, 3.8) is 0 Å². The van der Waals surface area contributed by atoms with E-state index in [-0.39, 0.29) is 15.8 Å². The summed E-state index contributed by atoms with van der Waals surface area (Å²) >= 11 is 5.54. The Labute approximate surface area is 115 Å². The summed E-state index contributed by atoms with van der Waals surface area (Å²) in [4.78, 5) is 11.0. The number of carbonyl (C=O) groups is 1. The molecule has 1 aliphatic rings. The monoisotopic (exact) mass is 357 g/mol. The van der Waals surface area contributed by atoms with Crippen molar-refractivity contribution < 1.29 is 18.3 Å². The molecule has 0 spiro atoms. The molecular formula is C8H8BrNO4S3. The number of aliphatic carboxylic acids is 1. The summed E-state index contributed by atoms with van der Waals surface area (Å²) in [6, 6.07) is 0.662. The van der Waals surface area contributed by atoms with Gasteiger partial charge in [0.1, 0.15) is 10.3 Å². The zero-order chi connectivity index (χ0) is 12.6. The van der Waals surface area contributed by atoms with Gasteiger partial charge in [0.05, 0.1) is 5.88 Å². The second kappa shape index (κ2) is 4.88. The predicted octanol–water partition coefficient (Wildman–Crippen LogP) is 1.66. The van der Waals surface area contributed by atoms with E-state index in [2.05, 4.69) is 15.9 Å². The smallest absolute Gasteiger partial charge is 0.322 e. The minimum atomic E-state index is -3.72. The molecule has 2 rings (SSSR count).